The van der Waals surface area contributed by atoms with Gasteiger partial charge >= 0.3 is 0 Å². The van der Waals surface area contributed by atoms with Gasteiger partial charge in [-0.3, -0.25) is 4.79 Å². The monoisotopic (exact) mass is 258 g/mol. The summed E-state index contributed by atoms with van der Waals surface area (Å²) in [6, 6.07) is 9.59. The van der Waals surface area contributed by atoms with E-state index in [1.54, 1.807) is 25.1 Å². The molecule has 0 saturated carbocycles. The van der Waals surface area contributed by atoms with E-state index in [1.807, 2.05) is 13.0 Å². The summed E-state index contributed by atoms with van der Waals surface area (Å²) in [7, 11) is 0. The SMILES string of the molecule is Cc1cc(F)cc(NC(=O)c2cc(C)ccc2N)c1. The second kappa shape index (κ2) is 5.10. The number of nitrogen functional groups attached to an aromatic ring is 1. The van der Waals surface area contributed by atoms with Crippen LogP contribution in [0.1, 0.15) is 21.5 Å². The first-order valence-corrected chi connectivity index (χ1v) is 5.90. The Balaban J connectivity index is 2.28. The van der Waals surface area contributed by atoms with E-state index in [4.69, 9.17) is 5.73 Å². The van der Waals surface area contributed by atoms with Gasteiger partial charge in [0.25, 0.3) is 5.91 Å². The van der Waals surface area contributed by atoms with E-state index >= 15 is 0 Å². The van der Waals surface area contributed by atoms with E-state index in [9.17, 15) is 9.18 Å². The lowest BCUT2D eigenvalue weighted by Gasteiger charge is -2.09. The molecular formula is C15H15FN2O. The Bertz CT molecular complexity index is 618. The smallest absolute Gasteiger partial charge is 0.257 e. The van der Waals surface area contributed by atoms with E-state index in [-0.39, 0.29) is 11.7 Å². The Morgan fingerprint density at radius 1 is 1.11 bits per heavy atom. The van der Waals surface area contributed by atoms with Gasteiger partial charge in [0.15, 0.2) is 0 Å². The van der Waals surface area contributed by atoms with Crippen molar-refractivity contribution >= 4 is 17.3 Å². The number of rotatable bonds is 2. The Kier molecular flexibility index (Phi) is 3.51. The minimum Gasteiger partial charge on any atom is -0.398 e. The quantitative estimate of drug-likeness (QED) is 0.812. The zero-order chi connectivity index (χ0) is 14.0. The van der Waals surface area contributed by atoms with E-state index in [0.717, 1.165) is 11.1 Å². The summed E-state index contributed by atoms with van der Waals surface area (Å²) in [5, 5.41) is 2.65. The van der Waals surface area contributed by atoms with E-state index in [2.05, 4.69) is 5.32 Å². The molecule has 0 aliphatic carbocycles. The van der Waals surface area contributed by atoms with Gasteiger partial charge < -0.3 is 11.1 Å². The lowest BCUT2D eigenvalue weighted by molar-refractivity contribution is 0.102. The molecule has 0 fully saturated rings. The van der Waals surface area contributed by atoms with Crippen LogP contribution in [0.25, 0.3) is 0 Å². The molecule has 2 rings (SSSR count). The molecule has 3 nitrogen and oxygen atoms in total. The van der Waals surface area contributed by atoms with Crippen molar-refractivity contribution in [3.8, 4) is 0 Å². The number of hydrogen-bond donors (Lipinski definition) is 2. The number of aryl methyl sites for hydroxylation is 2. The third-order valence-corrected chi connectivity index (χ3v) is 2.75. The number of nitrogens with one attached hydrogen (secondary N) is 1. The third kappa shape index (κ3) is 3.10. The van der Waals surface area contributed by atoms with E-state index in [1.165, 1.54) is 12.1 Å². The Morgan fingerprint density at radius 3 is 2.53 bits per heavy atom. The van der Waals surface area contributed by atoms with Crippen LogP contribution >= 0.6 is 0 Å². The maximum absolute atomic E-state index is 13.2. The van der Waals surface area contributed by atoms with E-state index in [0.29, 0.717) is 16.9 Å². The normalized spacial score (nSPS) is 10.3. The average Bonchev–Trinajstić information content (AvgIpc) is 2.30. The molecule has 0 aromatic heterocycles. The molecule has 98 valence electrons. The predicted molar refractivity (Wildman–Crippen MR) is 74.7 cm³/mol. The zero-order valence-corrected chi connectivity index (χ0v) is 10.8. The van der Waals surface area contributed by atoms with E-state index < -0.39 is 0 Å². The van der Waals surface area contributed by atoms with Gasteiger partial charge in [0, 0.05) is 11.4 Å². The molecule has 0 radical (unpaired) electrons. The van der Waals surface area contributed by atoms with Crippen molar-refractivity contribution in [1.29, 1.82) is 0 Å². The summed E-state index contributed by atoms with van der Waals surface area (Å²) in [6.07, 6.45) is 0. The highest BCUT2D eigenvalue weighted by Crippen LogP contribution is 2.18. The number of nitrogens with two attached hydrogens (primary N) is 1. The zero-order valence-electron chi connectivity index (χ0n) is 10.8. The van der Waals surface area contributed by atoms with Crippen molar-refractivity contribution in [1.82, 2.24) is 0 Å². The molecule has 0 spiro atoms. The summed E-state index contributed by atoms with van der Waals surface area (Å²) < 4.78 is 13.2. The molecule has 4 heteroatoms. The minimum atomic E-state index is -0.382. The van der Waals surface area contributed by atoms with Crippen molar-refractivity contribution < 1.29 is 9.18 Å². The summed E-state index contributed by atoms with van der Waals surface area (Å²) in [6.45, 7) is 3.64. The van der Waals surface area contributed by atoms with Gasteiger partial charge in [-0.25, -0.2) is 4.39 Å². The molecule has 2 aromatic carbocycles. The summed E-state index contributed by atoms with van der Waals surface area (Å²) in [5.74, 6) is -0.723. The van der Waals surface area contributed by atoms with Gasteiger partial charge in [-0.2, -0.15) is 0 Å². The molecule has 0 bridgehead atoms. The summed E-state index contributed by atoms with van der Waals surface area (Å²) in [4.78, 5) is 12.1. The molecule has 0 saturated heterocycles. The molecule has 0 unspecified atom stereocenters. The van der Waals surface area contributed by atoms with Crippen LogP contribution < -0.4 is 11.1 Å². The van der Waals surface area contributed by atoms with Crippen LogP contribution in [-0.4, -0.2) is 5.91 Å². The van der Waals surface area contributed by atoms with Crippen molar-refractivity contribution in [2.45, 2.75) is 13.8 Å². The number of halogens is 1. The molecular weight excluding hydrogens is 243 g/mol. The molecule has 0 aliphatic heterocycles. The van der Waals surface area contributed by atoms with Crippen LogP contribution in [0.2, 0.25) is 0 Å². The molecule has 0 heterocycles. The number of carbonyl (C=O) groups is 1. The van der Waals surface area contributed by atoms with Crippen LogP contribution in [0.4, 0.5) is 15.8 Å². The van der Waals surface area contributed by atoms with Crippen LogP contribution in [-0.2, 0) is 0 Å². The fourth-order valence-corrected chi connectivity index (χ4v) is 1.87. The molecule has 2 aromatic rings. The Morgan fingerprint density at radius 2 is 1.84 bits per heavy atom. The van der Waals surface area contributed by atoms with Gasteiger partial charge in [-0.15, -0.1) is 0 Å². The number of amides is 1. The second-order valence-corrected chi connectivity index (χ2v) is 4.56. The standard InChI is InChI=1S/C15H15FN2O/c1-9-3-4-14(17)13(7-9)15(19)18-12-6-10(2)5-11(16)8-12/h3-8H,17H2,1-2H3,(H,18,19). The fraction of sp³-hybridized carbons (Fsp3) is 0.133. The van der Waals surface area contributed by atoms with Crippen molar-refractivity contribution in [3.63, 3.8) is 0 Å². The summed E-state index contributed by atoms with van der Waals surface area (Å²) >= 11 is 0. The molecule has 1 amide bonds. The maximum Gasteiger partial charge on any atom is 0.257 e. The van der Waals surface area contributed by atoms with Gasteiger partial charge in [0.1, 0.15) is 5.82 Å². The van der Waals surface area contributed by atoms with Gasteiger partial charge in [-0.05, 0) is 49.7 Å². The minimum absolute atomic E-state index is 0.341. The Hall–Kier alpha value is -2.36. The molecule has 19 heavy (non-hydrogen) atoms. The number of carbonyl (C=O) groups excluding carboxylic acids is 1. The van der Waals surface area contributed by atoms with Gasteiger partial charge in [0.2, 0.25) is 0 Å². The maximum atomic E-state index is 13.2. The average molecular weight is 258 g/mol. The lowest BCUT2D eigenvalue weighted by atomic mass is 10.1. The molecule has 0 aliphatic rings. The summed E-state index contributed by atoms with van der Waals surface area (Å²) in [5.41, 5.74) is 8.66. The van der Waals surface area contributed by atoms with Crippen molar-refractivity contribution in [2.24, 2.45) is 0 Å². The number of anilines is 2. The molecule has 3 N–H and O–H groups in total. The highest BCUT2D eigenvalue weighted by molar-refractivity contribution is 6.07. The van der Waals surface area contributed by atoms with Crippen LogP contribution in [0.5, 0.6) is 0 Å². The van der Waals surface area contributed by atoms with Crippen LogP contribution in [0.3, 0.4) is 0 Å². The topological polar surface area (TPSA) is 55.1 Å². The van der Waals surface area contributed by atoms with Gasteiger partial charge in [0.05, 0.1) is 5.56 Å². The van der Waals surface area contributed by atoms with Crippen LogP contribution in [0.15, 0.2) is 36.4 Å². The first-order valence-electron chi connectivity index (χ1n) is 5.90. The number of benzene rings is 2. The first kappa shape index (κ1) is 13.1. The van der Waals surface area contributed by atoms with Crippen molar-refractivity contribution in [3.05, 3.63) is 58.9 Å². The highest BCUT2D eigenvalue weighted by Gasteiger charge is 2.10. The molecule has 0 atom stereocenters. The predicted octanol–water partition coefficient (Wildman–Crippen LogP) is 3.28. The second-order valence-electron chi connectivity index (χ2n) is 4.56. The fourth-order valence-electron chi connectivity index (χ4n) is 1.87. The lowest BCUT2D eigenvalue weighted by Crippen LogP contribution is -2.14. The Labute approximate surface area is 111 Å². The number of hydrogen-bond acceptors (Lipinski definition) is 2. The highest BCUT2D eigenvalue weighted by atomic mass is 19.1. The van der Waals surface area contributed by atoms with Gasteiger partial charge in [-0.1, -0.05) is 11.6 Å². The van der Waals surface area contributed by atoms with Crippen molar-refractivity contribution in [2.75, 3.05) is 11.1 Å². The third-order valence-electron chi connectivity index (χ3n) is 2.75. The first-order chi connectivity index (χ1) is 8.95. The van der Waals surface area contributed by atoms with Crippen LogP contribution in [0, 0.1) is 19.7 Å². The largest absolute Gasteiger partial charge is 0.398 e.